The van der Waals surface area contributed by atoms with Gasteiger partial charge < -0.3 is 0 Å². The van der Waals surface area contributed by atoms with E-state index >= 15 is 0 Å². The molecule has 0 aliphatic heterocycles. The Balaban J connectivity index is 2.17. The van der Waals surface area contributed by atoms with Crippen LogP contribution in [0.25, 0.3) is 27.3 Å². The maximum atomic E-state index is 12.8. The summed E-state index contributed by atoms with van der Waals surface area (Å²) in [5.41, 5.74) is 2.49. The zero-order valence-corrected chi connectivity index (χ0v) is 13.9. The van der Waals surface area contributed by atoms with Gasteiger partial charge in [0.05, 0.1) is 5.39 Å². The van der Waals surface area contributed by atoms with Gasteiger partial charge in [0.25, 0.3) is 0 Å². The van der Waals surface area contributed by atoms with Crippen molar-refractivity contribution in [1.82, 2.24) is 24.1 Å². The van der Waals surface area contributed by atoms with Crippen molar-refractivity contribution in [3.8, 4) is 11.4 Å². The molecule has 0 fully saturated rings. The minimum atomic E-state index is -0.149. The van der Waals surface area contributed by atoms with Crippen molar-refractivity contribution in [3.05, 3.63) is 45.5 Å². The molecule has 116 valence electrons. The molecule has 23 heavy (non-hydrogen) atoms. The fourth-order valence-electron chi connectivity index (χ4n) is 2.77. The topological polar surface area (TPSA) is 65.1 Å². The van der Waals surface area contributed by atoms with Crippen molar-refractivity contribution in [1.29, 1.82) is 0 Å². The van der Waals surface area contributed by atoms with Crippen LogP contribution in [0.2, 0.25) is 0 Å². The predicted octanol–water partition coefficient (Wildman–Crippen LogP) is 2.80. The first-order valence-corrected chi connectivity index (χ1v) is 8.23. The van der Waals surface area contributed by atoms with Gasteiger partial charge in [-0.25, -0.2) is 9.78 Å². The third kappa shape index (κ3) is 1.93. The number of nitrogens with zero attached hydrogens (tertiary/aromatic N) is 5. The summed E-state index contributed by atoms with van der Waals surface area (Å²) in [6.07, 6.45) is 3.39. The molecule has 0 atom stereocenters. The van der Waals surface area contributed by atoms with Crippen LogP contribution in [0.4, 0.5) is 0 Å². The van der Waals surface area contributed by atoms with Gasteiger partial charge in [-0.1, -0.05) is 0 Å². The maximum absolute atomic E-state index is 12.8. The minimum Gasteiger partial charge on any atom is -0.283 e. The van der Waals surface area contributed by atoms with Crippen molar-refractivity contribution in [2.45, 2.75) is 27.3 Å². The highest BCUT2D eigenvalue weighted by Gasteiger charge is 2.19. The SMILES string of the molecule is CCn1c(=O)n2nc(-c3ccncc3)nc2c2c(C)c(C)sc21. The molecule has 0 amide bonds. The molecule has 0 saturated heterocycles. The number of rotatable bonds is 2. The van der Waals surface area contributed by atoms with Crippen LogP contribution in [-0.2, 0) is 6.54 Å². The molecule has 0 bridgehead atoms. The number of thiophene rings is 1. The average molecular weight is 325 g/mol. The van der Waals surface area contributed by atoms with Crippen LogP contribution in [0.3, 0.4) is 0 Å². The second kappa shape index (κ2) is 4.99. The number of hydrogen-bond donors (Lipinski definition) is 0. The first-order chi connectivity index (χ1) is 11.1. The Morgan fingerprint density at radius 2 is 1.96 bits per heavy atom. The second-order valence-corrected chi connectivity index (χ2v) is 6.60. The minimum absolute atomic E-state index is 0.149. The molecule has 6 nitrogen and oxygen atoms in total. The Hall–Kier alpha value is -2.54. The van der Waals surface area contributed by atoms with Gasteiger partial charge in [0.2, 0.25) is 0 Å². The normalized spacial score (nSPS) is 11.6. The summed E-state index contributed by atoms with van der Waals surface area (Å²) < 4.78 is 3.18. The quantitative estimate of drug-likeness (QED) is 0.568. The Morgan fingerprint density at radius 3 is 2.65 bits per heavy atom. The molecule has 0 aliphatic rings. The van der Waals surface area contributed by atoms with E-state index in [1.54, 1.807) is 28.3 Å². The van der Waals surface area contributed by atoms with E-state index < -0.39 is 0 Å². The van der Waals surface area contributed by atoms with Crippen LogP contribution < -0.4 is 5.69 Å². The molecule has 7 heteroatoms. The lowest BCUT2D eigenvalue weighted by Crippen LogP contribution is -2.26. The van der Waals surface area contributed by atoms with Crippen LogP contribution in [-0.4, -0.2) is 24.1 Å². The van der Waals surface area contributed by atoms with E-state index in [0.29, 0.717) is 18.0 Å². The third-order valence-electron chi connectivity index (χ3n) is 4.11. The molecule has 4 rings (SSSR count). The van der Waals surface area contributed by atoms with Crippen LogP contribution in [0.1, 0.15) is 17.4 Å². The van der Waals surface area contributed by atoms with Crippen molar-refractivity contribution in [2.24, 2.45) is 0 Å². The monoisotopic (exact) mass is 325 g/mol. The summed E-state index contributed by atoms with van der Waals surface area (Å²) in [5, 5.41) is 5.46. The van der Waals surface area contributed by atoms with Gasteiger partial charge in [-0.15, -0.1) is 16.4 Å². The lowest BCUT2D eigenvalue weighted by Gasteiger charge is -2.04. The Kier molecular flexibility index (Phi) is 3.05. The fraction of sp³-hybridized carbons (Fsp3) is 0.250. The van der Waals surface area contributed by atoms with Crippen molar-refractivity contribution < 1.29 is 0 Å². The largest absolute Gasteiger partial charge is 0.351 e. The van der Waals surface area contributed by atoms with Gasteiger partial charge in [-0.05, 0) is 38.5 Å². The molecule has 4 aromatic heterocycles. The van der Waals surface area contributed by atoms with Crippen molar-refractivity contribution in [3.63, 3.8) is 0 Å². The van der Waals surface area contributed by atoms with Crippen LogP contribution in [0, 0.1) is 13.8 Å². The number of fused-ring (bicyclic) bond motifs is 3. The molecule has 0 spiro atoms. The molecule has 0 aliphatic carbocycles. The average Bonchev–Trinajstić information content (AvgIpc) is 3.12. The predicted molar refractivity (Wildman–Crippen MR) is 91.0 cm³/mol. The second-order valence-electron chi connectivity index (χ2n) is 5.40. The lowest BCUT2D eigenvalue weighted by molar-refractivity contribution is 0.698. The van der Waals surface area contributed by atoms with E-state index in [1.807, 2.05) is 19.1 Å². The molecule has 0 saturated carbocycles. The highest BCUT2D eigenvalue weighted by atomic mass is 32.1. The van der Waals surface area contributed by atoms with Gasteiger partial charge in [0.15, 0.2) is 11.5 Å². The fourth-order valence-corrected chi connectivity index (χ4v) is 3.98. The van der Waals surface area contributed by atoms with Crippen molar-refractivity contribution in [2.75, 3.05) is 0 Å². The highest BCUT2D eigenvalue weighted by Crippen LogP contribution is 2.32. The summed E-state index contributed by atoms with van der Waals surface area (Å²) in [6.45, 7) is 6.72. The molecular weight excluding hydrogens is 310 g/mol. The van der Waals surface area contributed by atoms with Gasteiger partial charge in [-0.3, -0.25) is 9.55 Å². The molecule has 0 unspecified atom stereocenters. The van der Waals surface area contributed by atoms with E-state index in [2.05, 4.69) is 28.9 Å². The number of aryl methyl sites for hydroxylation is 3. The zero-order chi connectivity index (χ0) is 16.1. The smallest absolute Gasteiger partial charge is 0.283 e. The molecule has 4 heterocycles. The van der Waals surface area contributed by atoms with Crippen molar-refractivity contribution >= 4 is 27.2 Å². The maximum Gasteiger partial charge on any atom is 0.351 e. The zero-order valence-electron chi connectivity index (χ0n) is 13.1. The van der Waals surface area contributed by atoms with E-state index in [-0.39, 0.29) is 5.69 Å². The molecular formula is C16H15N5OS. The Bertz CT molecular complexity index is 1090. The Morgan fingerprint density at radius 1 is 1.22 bits per heavy atom. The first-order valence-electron chi connectivity index (χ1n) is 7.41. The summed E-state index contributed by atoms with van der Waals surface area (Å²) in [4.78, 5) is 23.6. The van der Waals surface area contributed by atoms with Crippen LogP contribution in [0.15, 0.2) is 29.3 Å². The Labute approximate surface area is 136 Å². The first kappa shape index (κ1) is 14.1. The van der Waals surface area contributed by atoms with E-state index in [4.69, 9.17) is 0 Å². The van der Waals surface area contributed by atoms with E-state index in [0.717, 1.165) is 21.3 Å². The van der Waals surface area contributed by atoms with Gasteiger partial charge in [0, 0.05) is 29.4 Å². The van der Waals surface area contributed by atoms with E-state index in [1.165, 1.54) is 9.39 Å². The van der Waals surface area contributed by atoms with E-state index in [9.17, 15) is 4.79 Å². The summed E-state index contributed by atoms with van der Waals surface area (Å²) in [5.74, 6) is 0.544. The molecule has 4 aromatic rings. The standard InChI is InChI=1S/C16H15N5OS/c1-4-20-15-12(9(2)10(3)23-15)14-18-13(19-21(14)16(20)22)11-5-7-17-8-6-11/h5-8H,4H2,1-3H3. The molecule has 0 N–H and O–H groups in total. The van der Waals surface area contributed by atoms with Gasteiger partial charge in [-0.2, -0.15) is 4.52 Å². The van der Waals surface area contributed by atoms with Crippen LogP contribution in [0.5, 0.6) is 0 Å². The molecule has 0 radical (unpaired) electrons. The number of hydrogen-bond acceptors (Lipinski definition) is 5. The summed E-state index contributed by atoms with van der Waals surface area (Å²) in [7, 11) is 0. The summed E-state index contributed by atoms with van der Waals surface area (Å²) in [6, 6.07) is 3.69. The van der Waals surface area contributed by atoms with Gasteiger partial charge >= 0.3 is 5.69 Å². The lowest BCUT2D eigenvalue weighted by atomic mass is 10.2. The third-order valence-corrected chi connectivity index (χ3v) is 5.34. The van der Waals surface area contributed by atoms with Crippen LogP contribution >= 0.6 is 11.3 Å². The molecule has 0 aromatic carbocycles. The highest BCUT2D eigenvalue weighted by molar-refractivity contribution is 7.19. The summed E-state index contributed by atoms with van der Waals surface area (Å²) >= 11 is 1.64. The number of pyridine rings is 1. The van der Waals surface area contributed by atoms with Gasteiger partial charge in [0.1, 0.15) is 4.83 Å². The number of aromatic nitrogens is 5.